The fourth-order valence-electron chi connectivity index (χ4n) is 3.48. The van der Waals surface area contributed by atoms with Crippen LogP contribution in [0.1, 0.15) is 33.3 Å². The summed E-state index contributed by atoms with van der Waals surface area (Å²) >= 11 is 0. The summed E-state index contributed by atoms with van der Waals surface area (Å²) in [7, 11) is 6.35. The Kier molecular flexibility index (Phi) is 4.33. The number of hydrogen-bond acceptors (Lipinski definition) is 3. The first-order valence-electron chi connectivity index (χ1n) is 7.64. The van der Waals surface area contributed by atoms with Gasteiger partial charge in [-0.05, 0) is 45.4 Å². The van der Waals surface area contributed by atoms with Gasteiger partial charge in [-0.1, -0.05) is 17.7 Å². The third-order valence-corrected chi connectivity index (χ3v) is 4.43. The molecule has 3 heteroatoms. The summed E-state index contributed by atoms with van der Waals surface area (Å²) in [5.74, 6) is 0. The second-order valence-corrected chi connectivity index (χ2v) is 7.01. The molecule has 0 atom stereocenters. The molecule has 1 heterocycles. The number of rotatable bonds is 3. The van der Waals surface area contributed by atoms with Gasteiger partial charge in [0.05, 0.1) is 12.2 Å². The molecule has 3 nitrogen and oxygen atoms in total. The van der Waals surface area contributed by atoms with Crippen LogP contribution in [-0.2, 0) is 6.54 Å². The number of hydrogen-bond donors (Lipinski definition) is 0. The summed E-state index contributed by atoms with van der Waals surface area (Å²) in [6, 6.07) is 8.88. The third-order valence-electron chi connectivity index (χ3n) is 4.43. The topological polar surface area (TPSA) is 9.72 Å². The maximum Gasteiger partial charge on any atom is 0.0712 e. The molecule has 0 spiro atoms. The Labute approximate surface area is 129 Å². The molecule has 2 rings (SSSR count). The third kappa shape index (κ3) is 3.08. The first-order chi connectivity index (χ1) is 9.73. The summed E-state index contributed by atoms with van der Waals surface area (Å²) in [6.07, 6.45) is 0. The number of benzene rings is 1. The molecule has 1 aromatic carbocycles. The summed E-state index contributed by atoms with van der Waals surface area (Å²) in [5, 5.41) is 0. The largest absolute Gasteiger partial charge is 0.378 e. The molecule has 0 unspecified atom stereocenters. The van der Waals surface area contributed by atoms with Crippen molar-refractivity contribution in [3.05, 3.63) is 41.1 Å². The Bertz CT molecular complexity index is 522. The smallest absolute Gasteiger partial charge is 0.0712 e. The number of allylic oxidation sites excluding steroid dienone is 1. The highest BCUT2D eigenvalue weighted by molar-refractivity contribution is 5.46. The van der Waals surface area contributed by atoms with Gasteiger partial charge in [0.1, 0.15) is 0 Å². The standard InChI is InChI=1S/C18H29N3/c1-14(2)17-18(3,4)21(13-20(17)7)12-15-8-10-16(11-9-15)19(5)6/h8-11H,12-13H2,1-7H3. The quantitative estimate of drug-likeness (QED) is 0.842. The van der Waals surface area contributed by atoms with Gasteiger partial charge in [0.25, 0.3) is 0 Å². The van der Waals surface area contributed by atoms with Gasteiger partial charge < -0.3 is 9.80 Å². The van der Waals surface area contributed by atoms with Crippen molar-refractivity contribution >= 4 is 5.69 Å². The zero-order valence-electron chi connectivity index (χ0n) is 14.6. The van der Waals surface area contributed by atoms with E-state index < -0.39 is 0 Å². The molecule has 1 fully saturated rings. The fraction of sp³-hybridized carbons (Fsp3) is 0.556. The average molecular weight is 287 g/mol. The summed E-state index contributed by atoms with van der Waals surface area (Å²) in [5.41, 5.74) is 5.58. The molecule has 0 N–H and O–H groups in total. The van der Waals surface area contributed by atoms with E-state index in [1.54, 1.807) is 0 Å². The number of anilines is 1. The average Bonchev–Trinajstić information content (AvgIpc) is 2.59. The predicted molar refractivity (Wildman–Crippen MR) is 91.4 cm³/mol. The lowest BCUT2D eigenvalue weighted by atomic mass is 9.96. The van der Waals surface area contributed by atoms with Crippen LogP contribution in [0.2, 0.25) is 0 Å². The van der Waals surface area contributed by atoms with Gasteiger partial charge in [0.15, 0.2) is 0 Å². The number of nitrogens with zero attached hydrogens (tertiary/aromatic N) is 3. The van der Waals surface area contributed by atoms with Crippen LogP contribution >= 0.6 is 0 Å². The molecule has 116 valence electrons. The van der Waals surface area contributed by atoms with Gasteiger partial charge in [-0.25, -0.2) is 0 Å². The Morgan fingerprint density at radius 2 is 1.71 bits per heavy atom. The van der Waals surface area contributed by atoms with Crippen molar-refractivity contribution in [3.8, 4) is 0 Å². The second-order valence-electron chi connectivity index (χ2n) is 7.01. The van der Waals surface area contributed by atoms with Crippen molar-refractivity contribution in [2.24, 2.45) is 0 Å². The van der Waals surface area contributed by atoms with E-state index in [2.05, 4.69) is 87.8 Å². The molecule has 0 aromatic heterocycles. The van der Waals surface area contributed by atoms with Gasteiger partial charge in [0, 0.05) is 39.1 Å². The molecule has 1 aliphatic rings. The molecule has 0 radical (unpaired) electrons. The lowest BCUT2D eigenvalue weighted by Gasteiger charge is -2.31. The van der Waals surface area contributed by atoms with Gasteiger partial charge in [0.2, 0.25) is 0 Å². The maximum absolute atomic E-state index is 2.54. The predicted octanol–water partition coefficient (Wildman–Crippen LogP) is 3.53. The monoisotopic (exact) mass is 287 g/mol. The van der Waals surface area contributed by atoms with E-state index in [4.69, 9.17) is 0 Å². The summed E-state index contributed by atoms with van der Waals surface area (Å²) < 4.78 is 0. The van der Waals surface area contributed by atoms with E-state index in [1.165, 1.54) is 22.5 Å². The van der Waals surface area contributed by atoms with Crippen molar-refractivity contribution < 1.29 is 0 Å². The van der Waals surface area contributed by atoms with Crippen LogP contribution in [0.25, 0.3) is 0 Å². The van der Waals surface area contributed by atoms with Crippen molar-refractivity contribution in [1.82, 2.24) is 9.80 Å². The van der Waals surface area contributed by atoms with Gasteiger partial charge in [-0.15, -0.1) is 0 Å². The molecular formula is C18H29N3. The van der Waals surface area contributed by atoms with E-state index in [-0.39, 0.29) is 5.54 Å². The minimum Gasteiger partial charge on any atom is -0.378 e. The molecule has 0 aliphatic carbocycles. The molecule has 1 aliphatic heterocycles. The highest BCUT2D eigenvalue weighted by Crippen LogP contribution is 2.36. The maximum atomic E-state index is 2.54. The SMILES string of the molecule is CC(C)=C1N(C)CN(Cc2ccc(N(C)C)cc2)C1(C)C. The lowest BCUT2D eigenvalue weighted by molar-refractivity contribution is 0.173. The summed E-state index contributed by atoms with van der Waals surface area (Å²) in [4.78, 5) is 7.06. The molecular weight excluding hydrogens is 258 g/mol. The highest BCUT2D eigenvalue weighted by Gasteiger charge is 2.40. The minimum atomic E-state index is 0.0911. The van der Waals surface area contributed by atoms with Crippen LogP contribution in [0.3, 0.4) is 0 Å². The molecule has 0 bridgehead atoms. The van der Waals surface area contributed by atoms with Crippen molar-refractivity contribution in [2.45, 2.75) is 39.8 Å². The van der Waals surface area contributed by atoms with E-state index in [0.717, 1.165) is 13.2 Å². The normalized spacial score (nSPS) is 18.2. The van der Waals surface area contributed by atoms with Crippen molar-refractivity contribution in [3.63, 3.8) is 0 Å². The molecule has 0 amide bonds. The molecule has 21 heavy (non-hydrogen) atoms. The Balaban J connectivity index is 2.19. The highest BCUT2D eigenvalue weighted by atomic mass is 15.4. The zero-order chi connectivity index (χ0) is 15.8. The first-order valence-corrected chi connectivity index (χ1v) is 7.64. The van der Waals surface area contributed by atoms with Crippen LogP contribution in [0.4, 0.5) is 5.69 Å². The van der Waals surface area contributed by atoms with E-state index >= 15 is 0 Å². The van der Waals surface area contributed by atoms with E-state index in [9.17, 15) is 0 Å². The van der Waals surface area contributed by atoms with Gasteiger partial charge in [-0.2, -0.15) is 0 Å². The van der Waals surface area contributed by atoms with E-state index in [1.807, 2.05) is 0 Å². The zero-order valence-corrected chi connectivity index (χ0v) is 14.6. The minimum absolute atomic E-state index is 0.0911. The Morgan fingerprint density at radius 3 is 2.14 bits per heavy atom. The first kappa shape index (κ1) is 15.9. The number of likely N-dealkylation sites (N-methyl/N-ethyl adjacent to an activating group) is 1. The van der Waals surface area contributed by atoms with Crippen LogP contribution < -0.4 is 4.90 Å². The lowest BCUT2D eigenvalue weighted by Crippen LogP contribution is -2.38. The van der Waals surface area contributed by atoms with Crippen LogP contribution in [0.5, 0.6) is 0 Å². The van der Waals surface area contributed by atoms with Crippen molar-refractivity contribution in [1.29, 1.82) is 0 Å². The Hall–Kier alpha value is -1.48. The molecule has 1 aromatic rings. The van der Waals surface area contributed by atoms with Gasteiger partial charge in [-0.3, -0.25) is 4.90 Å². The summed E-state index contributed by atoms with van der Waals surface area (Å²) in [6.45, 7) is 11.1. The molecule has 1 saturated heterocycles. The second kappa shape index (κ2) is 5.72. The van der Waals surface area contributed by atoms with Crippen molar-refractivity contribution in [2.75, 3.05) is 32.7 Å². The van der Waals surface area contributed by atoms with E-state index in [0.29, 0.717) is 0 Å². The van der Waals surface area contributed by atoms with Crippen LogP contribution in [0, 0.1) is 0 Å². The van der Waals surface area contributed by atoms with Crippen LogP contribution in [0.15, 0.2) is 35.5 Å². The molecule has 0 saturated carbocycles. The fourth-order valence-corrected chi connectivity index (χ4v) is 3.48. The van der Waals surface area contributed by atoms with Crippen LogP contribution in [-0.4, -0.2) is 43.2 Å². The van der Waals surface area contributed by atoms with Gasteiger partial charge >= 0.3 is 0 Å². The Morgan fingerprint density at radius 1 is 1.14 bits per heavy atom.